The first-order valence-corrected chi connectivity index (χ1v) is 16.5. The molecule has 4 rings (SSSR count). The molecule has 0 aliphatic heterocycles. The van der Waals surface area contributed by atoms with Crippen molar-refractivity contribution in [2.24, 2.45) is 29.6 Å². The number of aliphatic hydroxyl groups is 4. The topological polar surface area (TPSA) is 157 Å². The van der Waals surface area contributed by atoms with E-state index < -0.39 is 29.7 Å². The number of rotatable bonds is 16. The maximum absolute atomic E-state index is 12.0. The summed E-state index contributed by atoms with van der Waals surface area (Å²) in [4.78, 5) is 16.1. The van der Waals surface area contributed by atoms with Crippen LogP contribution in [0.4, 0.5) is 5.82 Å². The van der Waals surface area contributed by atoms with Crippen LogP contribution in [-0.4, -0.2) is 60.4 Å². The number of carbonyl (C=O) groups is 1. The lowest BCUT2D eigenvalue weighted by molar-refractivity contribution is -0.147. The molecule has 8 heteroatoms. The van der Waals surface area contributed by atoms with E-state index >= 15 is 0 Å². The molecule has 1 aromatic heterocycles. The molecule has 0 saturated heterocycles. The number of aliphatic carboxylic acids is 1. The van der Waals surface area contributed by atoms with Gasteiger partial charge >= 0.3 is 5.97 Å². The number of anilines is 1. The third kappa shape index (κ3) is 7.93. The molecule has 2 saturated carbocycles. The van der Waals surface area contributed by atoms with Crippen molar-refractivity contribution in [3.8, 4) is 0 Å². The Morgan fingerprint density at radius 2 is 1.86 bits per heavy atom. The molecule has 0 aromatic carbocycles. The van der Waals surface area contributed by atoms with Crippen LogP contribution in [0.2, 0.25) is 0 Å². The largest absolute Gasteiger partial charge is 0.481 e. The van der Waals surface area contributed by atoms with Gasteiger partial charge in [-0.1, -0.05) is 57.6 Å². The van der Waals surface area contributed by atoms with Gasteiger partial charge in [-0.05, 0) is 99.2 Å². The van der Waals surface area contributed by atoms with Crippen LogP contribution in [0.15, 0.2) is 30.5 Å². The molecule has 1 heterocycles. The molecule has 3 aliphatic carbocycles. The summed E-state index contributed by atoms with van der Waals surface area (Å²) in [6.07, 6.45) is 15.7. The Bertz CT molecular complexity index is 1040. The van der Waals surface area contributed by atoms with Gasteiger partial charge in [0.2, 0.25) is 0 Å². The lowest BCUT2D eigenvalue weighted by Gasteiger charge is -2.34. The number of nitrogens with zero attached hydrogens (tertiary/aromatic N) is 1. The van der Waals surface area contributed by atoms with Crippen molar-refractivity contribution >= 4 is 11.8 Å². The molecule has 0 radical (unpaired) electrons. The number of unbranched alkanes of at least 4 members (excludes halogenated alkanes) is 4. The van der Waals surface area contributed by atoms with E-state index in [1.807, 2.05) is 12.1 Å². The summed E-state index contributed by atoms with van der Waals surface area (Å²) in [6.45, 7) is 2.20. The Balaban J connectivity index is 1.21. The van der Waals surface area contributed by atoms with Crippen LogP contribution in [0.3, 0.4) is 0 Å². The van der Waals surface area contributed by atoms with E-state index in [0.29, 0.717) is 31.0 Å². The monoisotopic (exact) mass is 586 g/mol. The zero-order chi connectivity index (χ0) is 30.3. The number of carboxylic acids is 1. The summed E-state index contributed by atoms with van der Waals surface area (Å²) in [7, 11) is 0. The number of nitrogens with two attached hydrogens (primary N) is 1. The van der Waals surface area contributed by atoms with Crippen molar-refractivity contribution in [2.45, 2.75) is 133 Å². The smallest absolute Gasteiger partial charge is 0.309 e. The number of nitrogen functional groups attached to an aromatic ring is 1. The fraction of sp³-hybridized carbons (Fsp3) is 0.765. The van der Waals surface area contributed by atoms with Gasteiger partial charge in [-0.2, -0.15) is 0 Å². The van der Waals surface area contributed by atoms with E-state index in [1.54, 1.807) is 6.20 Å². The predicted octanol–water partition coefficient (Wildman–Crippen LogP) is 5.20. The van der Waals surface area contributed by atoms with Crippen LogP contribution >= 0.6 is 0 Å². The highest BCUT2D eigenvalue weighted by Crippen LogP contribution is 2.57. The Morgan fingerprint density at radius 1 is 1.07 bits per heavy atom. The lowest BCUT2D eigenvalue weighted by atomic mass is 9.79. The molecule has 3 aliphatic rings. The van der Waals surface area contributed by atoms with Gasteiger partial charge in [0.25, 0.3) is 0 Å². The number of pyridine rings is 1. The average molecular weight is 587 g/mol. The summed E-state index contributed by atoms with van der Waals surface area (Å²) in [5.41, 5.74) is 5.65. The molecular weight excluding hydrogens is 532 g/mol. The molecule has 0 bridgehead atoms. The van der Waals surface area contributed by atoms with E-state index in [-0.39, 0.29) is 42.6 Å². The molecule has 0 amide bonds. The van der Waals surface area contributed by atoms with Crippen molar-refractivity contribution < 1.29 is 30.3 Å². The van der Waals surface area contributed by atoms with Crippen LogP contribution < -0.4 is 5.73 Å². The van der Waals surface area contributed by atoms with Gasteiger partial charge in [0.05, 0.1) is 29.8 Å². The second-order valence-electron chi connectivity index (χ2n) is 13.5. The van der Waals surface area contributed by atoms with Crippen LogP contribution in [-0.2, 0) is 4.79 Å². The lowest BCUT2D eigenvalue weighted by Crippen LogP contribution is -2.44. The third-order valence-electron chi connectivity index (χ3n) is 10.8. The number of fused-ring (bicyclic) bond motifs is 1. The van der Waals surface area contributed by atoms with E-state index in [0.717, 1.165) is 50.5 Å². The minimum absolute atomic E-state index is 0.0989. The SMILES string of the molecule is CCCCC[C@@H]1C=C[C@@H](CCCCC[C@H](C(=O)O)[C@H](O)CC[C@]2(O)[C@H](O)C[C@@H]3[C@H](c4ccnc(N)c4)CC[C@@H]32)[C@H](O)C1. The average Bonchev–Trinajstić information content (AvgIpc) is 3.48. The molecule has 7 N–H and O–H groups in total. The Labute approximate surface area is 251 Å². The van der Waals surface area contributed by atoms with E-state index in [1.165, 1.54) is 19.3 Å². The Kier molecular flexibility index (Phi) is 11.9. The highest BCUT2D eigenvalue weighted by molar-refractivity contribution is 5.70. The van der Waals surface area contributed by atoms with Gasteiger partial charge in [-0.25, -0.2) is 4.98 Å². The van der Waals surface area contributed by atoms with Crippen molar-refractivity contribution in [3.63, 3.8) is 0 Å². The number of carboxylic acid groups (broad SMARTS) is 1. The van der Waals surface area contributed by atoms with Crippen LogP contribution in [0.25, 0.3) is 0 Å². The number of hydrogen-bond donors (Lipinski definition) is 6. The van der Waals surface area contributed by atoms with Gasteiger partial charge in [-0.3, -0.25) is 4.79 Å². The summed E-state index contributed by atoms with van der Waals surface area (Å²) in [6, 6.07) is 3.82. The number of hydrogen-bond acceptors (Lipinski definition) is 7. The zero-order valence-corrected chi connectivity index (χ0v) is 25.4. The van der Waals surface area contributed by atoms with E-state index in [2.05, 4.69) is 24.1 Å². The van der Waals surface area contributed by atoms with Crippen molar-refractivity contribution in [2.75, 3.05) is 5.73 Å². The highest BCUT2D eigenvalue weighted by atomic mass is 16.4. The van der Waals surface area contributed by atoms with Gasteiger partial charge < -0.3 is 31.3 Å². The fourth-order valence-electron chi connectivity index (χ4n) is 8.32. The molecule has 8 nitrogen and oxygen atoms in total. The number of allylic oxidation sites excluding steroid dienone is 1. The van der Waals surface area contributed by atoms with Crippen LogP contribution in [0, 0.1) is 29.6 Å². The van der Waals surface area contributed by atoms with Crippen LogP contribution in [0.5, 0.6) is 0 Å². The standard InChI is InChI=1S/C34H54N2O6/c1-2-3-5-8-22-11-12-23(30(38)19-22)9-6-4-7-10-26(33(40)41)29(37)15-17-34(42)28-14-13-25(27(28)21-31(34)39)24-16-18-36-32(35)20-24/h11-12,16,18,20,22-23,25-31,37-39,42H,2-10,13-15,17,19,21H2,1H3,(H2,35,36)(H,40,41)/t22-,23-,25+,26+,27-,28+,29-,30-,31-,34-/m1/s1. The van der Waals surface area contributed by atoms with Crippen molar-refractivity contribution in [1.29, 1.82) is 0 Å². The van der Waals surface area contributed by atoms with E-state index in [9.17, 15) is 30.3 Å². The second-order valence-corrected chi connectivity index (χ2v) is 13.5. The second kappa shape index (κ2) is 15.1. The van der Waals surface area contributed by atoms with Crippen molar-refractivity contribution in [3.05, 3.63) is 36.0 Å². The zero-order valence-electron chi connectivity index (χ0n) is 25.4. The van der Waals surface area contributed by atoms with Crippen molar-refractivity contribution in [1.82, 2.24) is 4.98 Å². The molecule has 1 aromatic rings. The molecule has 0 spiro atoms. The van der Waals surface area contributed by atoms with Gasteiger partial charge in [0.1, 0.15) is 5.82 Å². The number of aliphatic hydroxyl groups excluding tert-OH is 3. The summed E-state index contributed by atoms with van der Waals surface area (Å²) in [5.74, 6) is -0.603. The maximum Gasteiger partial charge on any atom is 0.309 e. The quantitative estimate of drug-likeness (QED) is 0.114. The first-order chi connectivity index (χ1) is 20.1. The molecule has 0 unspecified atom stereocenters. The number of aromatic nitrogens is 1. The van der Waals surface area contributed by atoms with Gasteiger partial charge in [-0.15, -0.1) is 0 Å². The highest BCUT2D eigenvalue weighted by Gasteiger charge is 2.58. The Hall–Kier alpha value is -2.00. The van der Waals surface area contributed by atoms with Gasteiger partial charge in [0.15, 0.2) is 0 Å². The minimum atomic E-state index is -1.33. The molecular formula is C34H54N2O6. The molecule has 236 valence electrons. The normalized spacial score (nSPS) is 33.9. The summed E-state index contributed by atoms with van der Waals surface area (Å²) in [5, 5.41) is 53.9. The molecule has 10 atom stereocenters. The maximum atomic E-state index is 12.0. The molecule has 2 fully saturated rings. The minimum Gasteiger partial charge on any atom is -0.481 e. The Morgan fingerprint density at radius 3 is 2.57 bits per heavy atom. The van der Waals surface area contributed by atoms with Crippen LogP contribution in [0.1, 0.15) is 115 Å². The first-order valence-electron chi connectivity index (χ1n) is 16.5. The fourth-order valence-corrected chi connectivity index (χ4v) is 8.32. The van der Waals surface area contributed by atoms with E-state index in [4.69, 9.17) is 5.73 Å². The third-order valence-corrected chi connectivity index (χ3v) is 10.8. The van der Waals surface area contributed by atoms with Gasteiger partial charge in [0, 0.05) is 12.1 Å². The summed E-state index contributed by atoms with van der Waals surface area (Å²) < 4.78 is 0. The first kappa shape index (κ1) is 32.9. The molecule has 42 heavy (non-hydrogen) atoms. The predicted molar refractivity (Wildman–Crippen MR) is 164 cm³/mol. The summed E-state index contributed by atoms with van der Waals surface area (Å²) >= 11 is 0.